The van der Waals surface area contributed by atoms with Crippen LogP contribution in [0.15, 0.2) is 18.2 Å². The first-order valence-electron chi connectivity index (χ1n) is 6.79. The van der Waals surface area contributed by atoms with E-state index in [1.54, 1.807) is 6.07 Å². The fraction of sp³-hybridized carbons (Fsp3) is 0.600. The van der Waals surface area contributed by atoms with Gasteiger partial charge in [-0.05, 0) is 42.9 Å². The molecule has 0 aliphatic heterocycles. The van der Waals surface area contributed by atoms with Gasteiger partial charge in [0.2, 0.25) is 0 Å². The number of hydrogen-bond acceptors (Lipinski definition) is 1. The third-order valence-corrected chi connectivity index (χ3v) is 4.33. The van der Waals surface area contributed by atoms with Gasteiger partial charge in [-0.3, -0.25) is 0 Å². The van der Waals surface area contributed by atoms with Crippen molar-refractivity contribution in [2.75, 3.05) is 5.32 Å². The van der Waals surface area contributed by atoms with Gasteiger partial charge in [0.1, 0.15) is 0 Å². The molecule has 1 aromatic carbocycles. The van der Waals surface area contributed by atoms with Gasteiger partial charge in [-0.2, -0.15) is 0 Å². The molecule has 0 aromatic heterocycles. The summed E-state index contributed by atoms with van der Waals surface area (Å²) >= 11 is 12.1. The van der Waals surface area contributed by atoms with Gasteiger partial charge in [-0.25, -0.2) is 0 Å². The largest absolute Gasteiger partial charge is 0.382 e. The predicted molar refractivity (Wildman–Crippen MR) is 80.7 cm³/mol. The lowest BCUT2D eigenvalue weighted by Gasteiger charge is -2.35. The molecule has 3 heteroatoms. The molecule has 0 radical (unpaired) electrons. The van der Waals surface area contributed by atoms with E-state index in [1.165, 1.54) is 25.7 Å². The van der Waals surface area contributed by atoms with Gasteiger partial charge >= 0.3 is 0 Å². The zero-order valence-electron chi connectivity index (χ0n) is 11.0. The maximum absolute atomic E-state index is 6.04. The van der Waals surface area contributed by atoms with E-state index in [9.17, 15) is 0 Å². The van der Waals surface area contributed by atoms with Crippen molar-refractivity contribution in [2.24, 2.45) is 11.8 Å². The molecule has 2 unspecified atom stereocenters. The number of hydrogen-bond donors (Lipinski definition) is 1. The van der Waals surface area contributed by atoms with Crippen molar-refractivity contribution in [3.63, 3.8) is 0 Å². The fourth-order valence-electron chi connectivity index (χ4n) is 2.99. The summed E-state index contributed by atoms with van der Waals surface area (Å²) in [5.41, 5.74) is 1.05. The highest BCUT2D eigenvalue weighted by Crippen LogP contribution is 2.33. The van der Waals surface area contributed by atoms with Crippen LogP contribution in [-0.4, -0.2) is 6.04 Å². The maximum Gasteiger partial charge on any atom is 0.0441 e. The Bertz CT molecular complexity index is 383. The minimum Gasteiger partial charge on any atom is -0.382 e. The Morgan fingerprint density at radius 1 is 1.06 bits per heavy atom. The Hall–Kier alpha value is -0.400. The van der Waals surface area contributed by atoms with Crippen LogP contribution in [0.4, 0.5) is 5.69 Å². The van der Waals surface area contributed by atoms with Gasteiger partial charge in [0, 0.05) is 21.8 Å². The first-order chi connectivity index (χ1) is 8.56. The Labute approximate surface area is 120 Å². The predicted octanol–water partition coefficient (Wildman–Crippen LogP) is 5.62. The van der Waals surface area contributed by atoms with Gasteiger partial charge in [-0.15, -0.1) is 0 Å². The zero-order chi connectivity index (χ0) is 13.1. The van der Waals surface area contributed by atoms with Crippen molar-refractivity contribution in [2.45, 2.75) is 45.6 Å². The lowest BCUT2D eigenvalue weighted by molar-refractivity contribution is 0.254. The van der Waals surface area contributed by atoms with Crippen LogP contribution < -0.4 is 5.32 Å². The Balaban J connectivity index is 2.10. The summed E-state index contributed by atoms with van der Waals surface area (Å²) in [7, 11) is 0. The second-order valence-corrected chi connectivity index (χ2v) is 6.47. The molecule has 0 heterocycles. The Kier molecular flexibility index (Phi) is 4.80. The summed E-state index contributed by atoms with van der Waals surface area (Å²) in [6.07, 6.45) is 5.24. The van der Waals surface area contributed by atoms with Gasteiger partial charge in [0.25, 0.3) is 0 Å². The van der Waals surface area contributed by atoms with Crippen LogP contribution in [0.2, 0.25) is 10.0 Å². The van der Waals surface area contributed by atoms with Crippen molar-refractivity contribution >= 4 is 28.9 Å². The van der Waals surface area contributed by atoms with E-state index in [4.69, 9.17) is 23.2 Å². The molecule has 2 atom stereocenters. The Morgan fingerprint density at radius 3 is 2.28 bits per heavy atom. The normalized spacial score (nSPS) is 24.3. The summed E-state index contributed by atoms with van der Waals surface area (Å²) in [6.45, 7) is 4.63. The molecular formula is C15H21Cl2N. The molecule has 1 aliphatic rings. The lowest BCUT2D eigenvalue weighted by Crippen LogP contribution is -2.35. The molecule has 2 rings (SSSR count). The first-order valence-corrected chi connectivity index (χ1v) is 7.54. The molecule has 100 valence electrons. The van der Waals surface area contributed by atoms with Crippen LogP contribution in [0.1, 0.15) is 39.5 Å². The summed E-state index contributed by atoms with van der Waals surface area (Å²) < 4.78 is 0. The van der Waals surface area contributed by atoms with Crippen molar-refractivity contribution < 1.29 is 0 Å². The minimum absolute atomic E-state index is 0.549. The molecule has 18 heavy (non-hydrogen) atoms. The van der Waals surface area contributed by atoms with Crippen molar-refractivity contribution in [1.82, 2.24) is 0 Å². The highest BCUT2D eigenvalue weighted by Gasteiger charge is 2.27. The molecule has 0 saturated heterocycles. The van der Waals surface area contributed by atoms with Gasteiger partial charge < -0.3 is 5.32 Å². The molecule has 0 amide bonds. The molecule has 1 fully saturated rings. The molecule has 1 nitrogen and oxygen atoms in total. The molecular weight excluding hydrogens is 265 g/mol. The third-order valence-electron chi connectivity index (χ3n) is 3.89. The van der Waals surface area contributed by atoms with E-state index in [0.717, 1.165) is 17.5 Å². The van der Waals surface area contributed by atoms with Crippen LogP contribution in [-0.2, 0) is 0 Å². The molecule has 1 aromatic rings. The molecule has 0 spiro atoms. The van der Waals surface area contributed by atoms with E-state index < -0.39 is 0 Å². The standard InChI is InChI=1S/C15H21Cl2N/c1-10(2)14-5-3-4-6-15(14)18-13-8-11(16)7-12(17)9-13/h7-10,14-15,18H,3-6H2,1-2H3. The number of benzene rings is 1. The Morgan fingerprint density at radius 2 is 1.67 bits per heavy atom. The van der Waals surface area contributed by atoms with Gasteiger partial charge in [-0.1, -0.05) is 49.9 Å². The average molecular weight is 286 g/mol. The van der Waals surface area contributed by atoms with Crippen molar-refractivity contribution in [1.29, 1.82) is 0 Å². The average Bonchev–Trinajstić information content (AvgIpc) is 2.27. The maximum atomic E-state index is 6.04. The van der Waals surface area contributed by atoms with Gasteiger partial charge in [0.15, 0.2) is 0 Å². The SMILES string of the molecule is CC(C)C1CCCCC1Nc1cc(Cl)cc(Cl)c1. The molecule has 0 bridgehead atoms. The van der Waals surface area contributed by atoms with Crippen molar-refractivity contribution in [3.05, 3.63) is 28.2 Å². The van der Waals surface area contributed by atoms with Crippen LogP contribution >= 0.6 is 23.2 Å². The van der Waals surface area contributed by atoms with E-state index >= 15 is 0 Å². The number of rotatable bonds is 3. The molecule has 1 N–H and O–H groups in total. The third kappa shape index (κ3) is 3.55. The second-order valence-electron chi connectivity index (χ2n) is 5.60. The highest BCUT2D eigenvalue weighted by molar-refractivity contribution is 6.35. The number of nitrogens with one attached hydrogen (secondary N) is 1. The van der Waals surface area contributed by atoms with Crippen LogP contribution in [0, 0.1) is 11.8 Å². The van der Waals surface area contributed by atoms with Gasteiger partial charge in [0.05, 0.1) is 0 Å². The number of anilines is 1. The first kappa shape index (κ1) is 14.0. The summed E-state index contributed by atoms with van der Waals surface area (Å²) in [5, 5.41) is 5.02. The monoisotopic (exact) mass is 285 g/mol. The zero-order valence-corrected chi connectivity index (χ0v) is 12.6. The quantitative estimate of drug-likeness (QED) is 0.760. The van der Waals surface area contributed by atoms with E-state index in [2.05, 4.69) is 19.2 Å². The van der Waals surface area contributed by atoms with E-state index in [1.807, 2.05) is 12.1 Å². The summed E-state index contributed by atoms with van der Waals surface area (Å²) in [4.78, 5) is 0. The smallest absolute Gasteiger partial charge is 0.0441 e. The lowest BCUT2D eigenvalue weighted by atomic mass is 9.78. The van der Waals surface area contributed by atoms with Crippen LogP contribution in [0.25, 0.3) is 0 Å². The highest BCUT2D eigenvalue weighted by atomic mass is 35.5. The molecule has 1 aliphatic carbocycles. The van der Waals surface area contributed by atoms with Crippen LogP contribution in [0.3, 0.4) is 0 Å². The fourth-order valence-corrected chi connectivity index (χ4v) is 3.51. The second kappa shape index (κ2) is 6.16. The van der Waals surface area contributed by atoms with E-state index in [-0.39, 0.29) is 0 Å². The minimum atomic E-state index is 0.549. The number of halogens is 2. The molecule has 1 saturated carbocycles. The summed E-state index contributed by atoms with van der Waals surface area (Å²) in [6, 6.07) is 6.24. The topological polar surface area (TPSA) is 12.0 Å². The van der Waals surface area contributed by atoms with Crippen molar-refractivity contribution in [3.8, 4) is 0 Å². The van der Waals surface area contributed by atoms with Crippen LogP contribution in [0.5, 0.6) is 0 Å². The van der Waals surface area contributed by atoms with E-state index in [0.29, 0.717) is 16.1 Å². The summed E-state index contributed by atoms with van der Waals surface area (Å²) in [5.74, 6) is 1.47.